The van der Waals surface area contributed by atoms with Crippen LogP contribution >= 0.6 is 11.8 Å². The Morgan fingerprint density at radius 1 is 1.26 bits per heavy atom. The van der Waals surface area contributed by atoms with Crippen molar-refractivity contribution in [2.45, 2.75) is 12.7 Å². The second-order valence-corrected chi connectivity index (χ2v) is 5.57. The molecule has 120 valence electrons. The lowest BCUT2D eigenvalue weighted by molar-refractivity contribution is 0.338. The fourth-order valence-corrected chi connectivity index (χ4v) is 2.39. The summed E-state index contributed by atoms with van der Waals surface area (Å²) in [6.07, 6.45) is 1.33. The van der Waals surface area contributed by atoms with Crippen LogP contribution in [0.2, 0.25) is 0 Å². The van der Waals surface area contributed by atoms with Crippen LogP contribution in [0.3, 0.4) is 0 Å². The Labute approximate surface area is 139 Å². The third kappa shape index (κ3) is 5.75. The van der Waals surface area contributed by atoms with Gasteiger partial charge in [-0.25, -0.2) is 4.39 Å². The van der Waals surface area contributed by atoms with Gasteiger partial charge in [0.15, 0.2) is 5.17 Å². The molecule has 6 heteroatoms. The quantitative estimate of drug-likeness (QED) is 0.497. The van der Waals surface area contributed by atoms with E-state index in [1.807, 2.05) is 37.3 Å². The van der Waals surface area contributed by atoms with E-state index in [9.17, 15) is 4.39 Å². The molecule has 0 saturated carbocycles. The summed E-state index contributed by atoms with van der Waals surface area (Å²) in [4.78, 5) is 0. The van der Waals surface area contributed by atoms with E-state index in [1.165, 1.54) is 24.0 Å². The van der Waals surface area contributed by atoms with Gasteiger partial charge in [0, 0.05) is 17.4 Å². The number of thioether (sulfide) groups is 1. The van der Waals surface area contributed by atoms with Gasteiger partial charge in [0.25, 0.3) is 0 Å². The maximum atomic E-state index is 13.8. The molecule has 0 spiro atoms. The predicted octanol–water partition coefficient (Wildman–Crippen LogP) is 3.81. The van der Waals surface area contributed by atoms with Gasteiger partial charge in [-0.15, -0.1) is 5.10 Å². The Balaban J connectivity index is 1.91. The van der Waals surface area contributed by atoms with Crippen LogP contribution in [-0.4, -0.2) is 18.0 Å². The second-order valence-electron chi connectivity index (χ2n) is 4.57. The van der Waals surface area contributed by atoms with Crippen molar-refractivity contribution in [1.82, 2.24) is 0 Å². The molecule has 4 nitrogen and oxygen atoms in total. The fourth-order valence-electron chi connectivity index (χ4n) is 1.78. The van der Waals surface area contributed by atoms with Crippen molar-refractivity contribution in [2.24, 2.45) is 15.9 Å². The number of nitrogens with zero attached hydrogens (tertiary/aromatic N) is 2. The van der Waals surface area contributed by atoms with E-state index in [-0.39, 0.29) is 0 Å². The van der Waals surface area contributed by atoms with Crippen LogP contribution < -0.4 is 10.5 Å². The highest BCUT2D eigenvalue weighted by atomic mass is 32.2. The molecule has 0 aliphatic carbocycles. The predicted molar refractivity (Wildman–Crippen MR) is 94.5 cm³/mol. The molecule has 0 amide bonds. The molecule has 0 saturated heterocycles. The van der Waals surface area contributed by atoms with E-state index in [4.69, 9.17) is 10.5 Å². The molecule has 0 bridgehead atoms. The van der Waals surface area contributed by atoms with E-state index in [1.54, 1.807) is 12.1 Å². The summed E-state index contributed by atoms with van der Waals surface area (Å²) in [5.41, 5.74) is 7.25. The summed E-state index contributed by atoms with van der Waals surface area (Å²) in [5.74, 6) is 0.789. The van der Waals surface area contributed by atoms with Gasteiger partial charge >= 0.3 is 0 Å². The molecule has 2 aromatic rings. The summed E-state index contributed by atoms with van der Waals surface area (Å²) < 4.78 is 19.0. The average Bonchev–Trinajstić information content (AvgIpc) is 2.56. The zero-order valence-corrected chi connectivity index (χ0v) is 13.6. The molecule has 0 unspecified atom stereocenters. The minimum absolute atomic E-state index is 0.330. The van der Waals surface area contributed by atoms with Gasteiger partial charge in [-0.05, 0) is 24.6 Å². The number of halogens is 1. The second kappa shape index (κ2) is 8.95. The van der Waals surface area contributed by atoms with Crippen molar-refractivity contribution in [2.75, 3.05) is 6.61 Å². The lowest BCUT2D eigenvalue weighted by Gasteiger charge is -2.03. The molecule has 2 aromatic carbocycles. The molecule has 2 N–H and O–H groups in total. The zero-order valence-electron chi connectivity index (χ0n) is 12.8. The van der Waals surface area contributed by atoms with Crippen molar-refractivity contribution in [3.8, 4) is 5.75 Å². The van der Waals surface area contributed by atoms with Crippen LogP contribution in [0.15, 0.2) is 58.7 Å². The molecule has 2 rings (SSSR count). The third-order valence-electron chi connectivity index (χ3n) is 2.87. The van der Waals surface area contributed by atoms with Crippen molar-refractivity contribution in [1.29, 1.82) is 0 Å². The topological polar surface area (TPSA) is 60.0 Å². The first-order chi connectivity index (χ1) is 11.2. The van der Waals surface area contributed by atoms with Crippen LogP contribution in [0.1, 0.15) is 18.1 Å². The Bertz CT molecular complexity index is 689. The zero-order chi connectivity index (χ0) is 16.5. The lowest BCUT2D eigenvalue weighted by atomic mass is 10.2. The highest BCUT2D eigenvalue weighted by Gasteiger charge is 2.02. The first-order valence-electron chi connectivity index (χ1n) is 7.14. The molecule has 0 aromatic heterocycles. The van der Waals surface area contributed by atoms with Gasteiger partial charge < -0.3 is 10.5 Å². The Hall–Kier alpha value is -2.34. The van der Waals surface area contributed by atoms with E-state index >= 15 is 0 Å². The first-order valence-corrected chi connectivity index (χ1v) is 8.13. The lowest BCUT2D eigenvalue weighted by Crippen LogP contribution is -2.06. The standard InChI is InChI=1S/C17H18FN3OS/c1-2-22-15-9-8-14(16(18)10-15)11-20-21-17(19)23-12-13-6-4-3-5-7-13/h3-11H,2,12H2,1H3,(H2,19,21). The van der Waals surface area contributed by atoms with E-state index in [0.29, 0.717) is 28.8 Å². The minimum Gasteiger partial charge on any atom is -0.494 e. The van der Waals surface area contributed by atoms with E-state index in [2.05, 4.69) is 10.2 Å². The van der Waals surface area contributed by atoms with Crippen molar-refractivity contribution >= 4 is 23.1 Å². The molecule has 0 radical (unpaired) electrons. The van der Waals surface area contributed by atoms with Gasteiger partial charge in [0.05, 0.1) is 12.8 Å². The van der Waals surface area contributed by atoms with Crippen molar-refractivity contribution < 1.29 is 9.13 Å². The normalized spacial score (nSPS) is 11.8. The van der Waals surface area contributed by atoms with Crippen LogP contribution in [0.25, 0.3) is 0 Å². The smallest absolute Gasteiger partial charge is 0.180 e. The monoisotopic (exact) mass is 331 g/mol. The van der Waals surface area contributed by atoms with Crippen LogP contribution in [0, 0.1) is 5.82 Å². The molecule has 0 aliphatic rings. The number of hydrogen-bond donors (Lipinski definition) is 1. The van der Waals surface area contributed by atoms with E-state index in [0.717, 1.165) is 5.56 Å². The molecule has 0 fully saturated rings. The van der Waals surface area contributed by atoms with Gasteiger partial charge in [-0.3, -0.25) is 0 Å². The van der Waals surface area contributed by atoms with Gasteiger partial charge in [0.1, 0.15) is 11.6 Å². The average molecular weight is 331 g/mol. The Morgan fingerprint density at radius 3 is 2.74 bits per heavy atom. The van der Waals surface area contributed by atoms with Gasteiger partial charge in [-0.1, -0.05) is 42.1 Å². The molecular formula is C17H18FN3OS. The molecule has 23 heavy (non-hydrogen) atoms. The molecule has 0 atom stereocenters. The van der Waals surface area contributed by atoms with Crippen molar-refractivity contribution in [3.05, 3.63) is 65.5 Å². The SMILES string of the molecule is CCOc1ccc(C=NN=C(N)SCc2ccccc2)c(F)c1. The molecule has 0 heterocycles. The number of ether oxygens (including phenoxy) is 1. The molecular weight excluding hydrogens is 313 g/mol. The van der Waals surface area contributed by atoms with Gasteiger partial charge in [0.2, 0.25) is 0 Å². The first kappa shape index (κ1) is 17.0. The summed E-state index contributed by atoms with van der Waals surface area (Å²) in [6, 6.07) is 14.5. The number of nitrogens with two attached hydrogens (primary N) is 1. The summed E-state index contributed by atoms with van der Waals surface area (Å²) in [6.45, 7) is 2.34. The number of amidine groups is 1. The number of hydrogen-bond acceptors (Lipinski definition) is 4. The summed E-state index contributed by atoms with van der Waals surface area (Å²) in [5, 5.41) is 8.02. The van der Waals surface area contributed by atoms with Gasteiger partial charge in [-0.2, -0.15) is 5.10 Å². The third-order valence-corrected chi connectivity index (χ3v) is 3.72. The van der Waals surface area contributed by atoms with Crippen molar-refractivity contribution in [3.63, 3.8) is 0 Å². The van der Waals surface area contributed by atoms with Crippen LogP contribution in [-0.2, 0) is 5.75 Å². The fraction of sp³-hybridized carbons (Fsp3) is 0.176. The highest BCUT2D eigenvalue weighted by Crippen LogP contribution is 2.15. The Kier molecular flexibility index (Phi) is 6.62. The Morgan fingerprint density at radius 2 is 2.04 bits per heavy atom. The summed E-state index contributed by atoms with van der Waals surface area (Å²) in [7, 11) is 0. The number of rotatable bonds is 6. The van der Waals surface area contributed by atoms with E-state index < -0.39 is 5.82 Å². The highest BCUT2D eigenvalue weighted by molar-refractivity contribution is 8.13. The number of benzene rings is 2. The van der Waals surface area contributed by atoms with Crippen LogP contribution in [0.5, 0.6) is 5.75 Å². The maximum absolute atomic E-state index is 13.8. The minimum atomic E-state index is -0.412. The largest absolute Gasteiger partial charge is 0.494 e. The maximum Gasteiger partial charge on any atom is 0.180 e. The molecule has 0 aliphatic heterocycles. The van der Waals surface area contributed by atoms with Crippen LogP contribution in [0.4, 0.5) is 4.39 Å². The summed E-state index contributed by atoms with van der Waals surface area (Å²) >= 11 is 1.38.